The number of likely N-dealkylation sites (tertiary alicyclic amines) is 1. The number of halogens is 3. The van der Waals surface area contributed by atoms with Gasteiger partial charge in [0.15, 0.2) is 0 Å². The molecule has 3 rings (SSSR count). The van der Waals surface area contributed by atoms with Gasteiger partial charge in [0.1, 0.15) is 5.76 Å². The molecule has 1 aromatic heterocycles. The van der Waals surface area contributed by atoms with E-state index in [1.807, 2.05) is 0 Å². The van der Waals surface area contributed by atoms with Crippen molar-refractivity contribution in [3.05, 3.63) is 41.3 Å². The SMILES string of the molecule is Cc1oc(-c2cccc(C(F)(F)F)c2)nc1CN1CCCC(CO)(CO)C1. The summed E-state index contributed by atoms with van der Waals surface area (Å²) < 4.78 is 44.4. The average molecular weight is 384 g/mol. The van der Waals surface area contributed by atoms with Gasteiger partial charge in [0.2, 0.25) is 5.89 Å². The van der Waals surface area contributed by atoms with Crippen LogP contribution in [-0.4, -0.2) is 46.4 Å². The van der Waals surface area contributed by atoms with Gasteiger partial charge in [-0.15, -0.1) is 0 Å². The number of alkyl halides is 3. The normalized spacial score (nSPS) is 18.0. The van der Waals surface area contributed by atoms with E-state index in [0.29, 0.717) is 24.5 Å². The number of aryl methyl sites for hydroxylation is 1. The highest BCUT2D eigenvalue weighted by atomic mass is 19.4. The van der Waals surface area contributed by atoms with E-state index in [1.54, 1.807) is 6.92 Å². The highest BCUT2D eigenvalue weighted by Crippen LogP contribution is 2.33. The molecular weight excluding hydrogens is 361 g/mol. The third-order valence-corrected chi connectivity index (χ3v) is 5.11. The molecule has 0 radical (unpaired) electrons. The fraction of sp³-hybridized carbons (Fsp3) is 0.526. The first-order chi connectivity index (χ1) is 12.8. The first-order valence-electron chi connectivity index (χ1n) is 8.84. The fourth-order valence-electron chi connectivity index (χ4n) is 3.49. The Morgan fingerprint density at radius 3 is 2.67 bits per heavy atom. The number of aromatic nitrogens is 1. The Bertz CT molecular complexity index is 785. The maximum absolute atomic E-state index is 12.9. The largest absolute Gasteiger partial charge is 0.441 e. The van der Waals surface area contributed by atoms with E-state index in [1.165, 1.54) is 12.1 Å². The van der Waals surface area contributed by atoms with Gasteiger partial charge in [0, 0.05) is 24.1 Å². The van der Waals surface area contributed by atoms with Crippen molar-refractivity contribution in [2.75, 3.05) is 26.3 Å². The van der Waals surface area contributed by atoms with Crippen LogP contribution in [-0.2, 0) is 12.7 Å². The summed E-state index contributed by atoms with van der Waals surface area (Å²) >= 11 is 0. The molecular formula is C19H23F3N2O3. The van der Waals surface area contributed by atoms with Crippen LogP contribution in [0.15, 0.2) is 28.7 Å². The lowest BCUT2D eigenvalue weighted by Crippen LogP contribution is -2.47. The quantitative estimate of drug-likeness (QED) is 0.828. The van der Waals surface area contributed by atoms with Crippen LogP contribution in [0, 0.1) is 12.3 Å². The Hall–Kier alpha value is -1.90. The third kappa shape index (κ3) is 4.34. The van der Waals surface area contributed by atoms with Gasteiger partial charge in [-0.05, 0) is 44.5 Å². The van der Waals surface area contributed by atoms with Gasteiger partial charge >= 0.3 is 6.18 Å². The maximum Gasteiger partial charge on any atom is 0.416 e. The zero-order chi connectivity index (χ0) is 19.7. The number of aliphatic hydroxyl groups excluding tert-OH is 2. The molecule has 0 spiro atoms. The number of nitrogens with zero attached hydrogens (tertiary/aromatic N) is 2. The molecule has 1 fully saturated rings. The summed E-state index contributed by atoms with van der Waals surface area (Å²) in [6.45, 7) is 3.34. The molecule has 2 heterocycles. The van der Waals surface area contributed by atoms with E-state index in [0.717, 1.165) is 31.5 Å². The Balaban J connectivity index is 1.79. The van der Waals surface area contributed by atoms with Crippen molar-refractivity contribution in [1.29, 1.82) is 0 Å². The van der Waals surface area contributed by atoms with Crippen molar-refractivity contribution in [2.24, 2.45) is 5.41 Å². The second kappa shape index (κ2) is 7.61. The summed E-state index contributed by atoms with van der Waals surface area (Å²) in [6.07, 6.45) is -2.82. The predicted molar refractivity (Wildman–Crippen MR) is 92.8 cm³/mol. The number of aliphatic hydroxyl groups is 2. The van der Waals surface area contributed by atoms with Crippen molar-refractivity contribution in [1.82, 2.24) is 9.88 Å². The Morgan fingerprint density at radius 1 is 1.26 bits per heavy atom. The van der Waals surface area contributed by atoms with Crippen molar-refractivity contribution in [2.45, 2.75) is 32.5 Å². The first-order valence-corrected chi connectivity index (χ1v) is 8.84. The maximum atomic E-state index is 12.9. The van der Waals surface area contributed by atoms with E-state index in [9.17, 15) is 23.4 Å². The van der Waals surface area contributed by atoms with Gasteiger partial charge in [-0.3, -0.25) is 4.90 Å². The summed E-state index contributed by atoms with van der Waals surface area (Å²) in [5, 5.41) is 19.2. The smallest absolute Gasteiger partial charge is 0.416 e. The summed E-state index contributed by atoms with van der Waals surface area (Å²) in [6, 6.07) is 4.91. The van der Waals surface area contributed by atoms with Gasteiger partial charge in [-0.2, -0.15) is 13.2 Å². The fourth-order valence-corrected chi connectivity index (χ4v) is 3.49. The van der Waals surface area contributed by atoms with E-state index >= 15 is 0 Å². The van der Waals surface area contributed by atoms with E-state index in [-0.39, 0.29) is 24.7 Å². The summed E-state index contributed by atoms with van der Waals surface area (Å²) in [5.41, 5.74) is -0.351. The molecule has 0 saturated carbocycles. The van der Waals surface area contributed by atoms with Crippen LogP contribution in [0.3, 0.4) is 0 Å². The average Bonchev–Trinajstić information content (AvgIpc) is 3.02. The molecule has 0 aliphatic carbocycles. The molecule has 27 heavy (non-hydrogen) atoms. The van der Waals surface area contributed by atoms with E-state index in [2.05, 4.69) is 9.88 Å². The molecule has 0 amide bonds. The second-order valence-electron chi connectivity index (χ2n) is 7.23. The van der Waals surface area contributed by atoms with Crippen LogP contribution in [0.5, 0.6) is 0 Å². The van der Waals surface area contributed by atoms with Crippen molar-refractivity contribution in [3.63, 3.8) is 0 Å². The molecule has 0 bridgehead atoms. The number of hydrogen-bond donors (Lipinski definition) is 2. The molecule has 5 nitrogen and oxygen atoms in total. The second-order valence-corrected chi connectivity index (χ2v) is 7.23. The molecule has 1 aliphatic rings. The third-order valence-electron chi connectivity index (χ3n) is 5.11. The zero-order valence-corrected chi connectivity index (χ0v) is 15.1. The first kappa shape index (κ1) is 19.9. The monoisotopic (exact) mass is 384 g/mol. The van der Waals surface area contributed by atoms with Gasteiger partial charge in [-0.1, -0.05) is 6.07 Å². The summed E-state index contributed by atoms with van der Waals surface area (Å²) in [4.78, 5) is 6.48. The van der Waals surface area contributed by atoms with Crippen LogP contribution < -0.4 is 0 Å². The minimum atomic E-state index is -4.42. The van der Waals surface area contributed by atoms with E-state index < -0.39 is 17.2 Å². The molecule has 2 aromatic rings. The van der Waals surface area contributed by atoms with Gasteiger partial charge in [0.05, 0.1) is 24.5 Å². The molecule has 0 atom stereocenters. The molecule has 1 saturated heterocycles. The van der Waals surface area contributed by atoms with Crippen LogP contribution in [0.2, 0.25) is 0 Å². The number of rotatable bonds is 5. The van der Waals surface area contributed by atoms with Crippen LogP contribution in [0.25, 0.3) is 11.5 Å². The van der Waals surface area contributed by atoms with Crippen molar-refractivity contribution >= 4 is 0 Å². The van der Waals surface area contributed by atoms with Crippen LogP contribution in [0.1, 0.15) is 29.9 Å². The molecule has 1 aromatic carbocycles. The molecule has 0 unspecified atom stereocenters. The van der Waals surface area contributed by atoms with Crippen molar-refractivity contribution in [3.8, 4) is 11.5 Å². The van der Waals surface area contributed by atoms with Gasteiger partial charge in [0.25, 0.3) is 0 Å². The molecule has 1 aliphatic heterocycles. The van der Waals surface area contributed by atoms with Gasteiger partial charge in [-0.25, -0.2) is 4.98 Å². The minimum absolute atomic E-state index is 0.0900. The molecule has 8 heteroatoms. The van der Waals surface area contributed by atoms with Crippen molar-refractivity contribution < 1.29 is 27.8 Å². The lowest BCUT2D eigenvalue weighted by molar-refractivity contribution is -0.137. The lowest BCUT2D eigenvalue weighted by Gasteiger charge is -2.40. The van der Waals surface area contributed by atoms with Gasteiger partial charge < -0.3 is 14.6 Å². The highest BCUT2D eigenvalue weighted by Gasteiger charge is 2.35. The Kier molecular flexibility index (Phi) is 5.60. The Labute approximate surface area is 155 Å². The molecule has 2 N–H and O–H groups in total. The summed E-state index contributed by atoms with van der Waals surface area (Å²) in [5.74, 6) is 0.702. The zero-order valence-electron chi connectivity index (χ0n) is 15.1. The number of piperidine rings is 1. The number of hydrogen-bond acceptors (Lipinski definition) is 5. The van der Waals surface area contributed by atoms with E-state index in [4.69, 9.17) is 4.42 Å². The minimum Gasteiger partial charge on any atom is -0.441 e. The lowest BCUT2D eigenvalue weighted by atomic mass is 9.81. The Morgan fingerprint density at radius 2 is 2.00 bits per heavy atom. The topological polar surface area (TPSA) is 69.7 Å². The number of oxazole rings is 1. The number of benzene rings is 1. The molecule has 148 valence electrons. The highest BCUT2D eigenvalue weighted by molar-refractivity contribution is 5.55. The predicted octanol–water partition coefficient (Wildman–Crippen LogP) is 3.24. The van der Waals surface area contributed by atoms with Crippen LogP contribution in [0.4, 0.5) is 13.2 Å². The van der Waals surface area contributed by atoms with Crippen LogP contribution >= 0.6 is 0 Å². The summed E-state index contributed by atoms with van der Waals surface area (Å²) in [7, 11) is 0. The standard InChI is InChI=1S/C19H23F3N2O3/c1-13-16(9-24-7-3-6-18(10-24,11-25)12-26)23-17(27-13)14-4-2-5-15(8-14)19(20,21)22/h2,4-5,8,25-26H,3,6-7,9-12H2,1H3.